The van der Waals surface area contributed by atoms with Crippen LogP contribution in [0.4, 0.5) is 0 Å². The van der Waals surface area contributed by atoms with Gasteiger partial charge in [0.2, 0.25) is 0 Å². The summed E-state index contributed by atoms with van der Waals surface area (Å²) in [6, 6.07) is 13.7. The Morgan fingerprint density at radius 1 is 0.963 bits per heavy atom. The molecule has 0 spiro atoms. The van der Waals surface area contributed by atoms with E-state index in [9.17, 15) is 9.59 Å². The van der Waals surface area contributed by atoms with Crippen molar-refractivity contribution in [3.8, 4) is 5.75 Å². The van der Waals surface area contributed by atoms with Crippen LogP contribution >= 0.6 is 23.2 Å². The minimum Gasteiger partial charge on any atom is -0.484 e. The molecule has 5 nitrogen and oxygen atoms in total. The Morgan fingerprint density at radius 3 is 2.11 bits per heavy atom. The molecule has 0 saturated carbocycles. The zero-order chi connectivity index (χ0) is 19.2. The molecule has 0 radical (unpaired) electrons. The summed E-state index contributed by atoms with van der Waals surface area (Å²) >= 11 is 11.7. The van der Waals surface area contributed by atoms with Crippen molar-refractivity contribution in [3.05, 3.63) is 64.1 Å². The fraction of sp³-hybridized carbons (Fsp3) is 0.300. The summed E-state index contributed by atoms with van der Waals surface area (Å²) in [6.45, 7) is 1.17. The summed E-state index contributed by atoms with van der Waals surface area (Å²) < 4.78 is 5.50. The van der Waals surface area contributed by atoms with Gasteiger partial charge >= 0.3 is 0 Å². The van der Waals surface area contributed by atoms with E-state index in [0.29, 0.717) is 47.3 Å². The zero-order valence-electron chi connectivity index (χ0n) is 14.7. The molecule has 1 heterocycles. The average molecular weight is 407 g/mol. The summed E-state index contributed by atoms with van der Waals surface area (Å²) in [5.41, 5.74) is 0.578. The van der Waals surface area contributed by atoms with E-state index in [1.165, 1.54) is 0 Å². The largest absolute Gasteiger partial charge is 0.484 e. The third-order valence-electron chi connectivity index (χ3n) is 4.47. The van der Waals surface area contributed by atoms with E-state index >= 15 is 0 Å². The van der Waals surface area contributed by atoms with Gasteiger partial charge in [0.1, 0.15) is 5.75 Å². The summed E-state index contributed by atoms with van der Waals surface area (Å²) in [5, 5.41) is 4.23. The highest BCUT2D eigenvalue weighted by molar-refractivity contribution is 6.30. The molecule has 1 N–H and O–H groups in total. The molecule has 3 rings (SSSR count). The number of carbonyl (C=O) groups is 2. The van der Waals surface area contributed by atoms with E-state index in [0.717, 1.165) is 0 Å². The van der Waals surface area contributed by atoms with Gasteiger partial charge in [-0.05, 0) is 61.4 Å². The maximum absolute atomic E-state index is 12.3. The number of ether oxygens (including phenoxy) is 1. The maximum atomic E-state index is 12.3. The topological polar surface area (TPSA) is 58.6 Å². The first-order chi connectivity index (χ1) is 13.0. The first-order valence-corrected chi connectivity index (χ1v) is 9.49. The second-order valence-electron chi connectivity index (χ2n) is 6.38. The monoisotopic (exact) mass is 406 g/mol. The Bertz CT molecular complexity index is 786. The van der Waals surface area contributed by atoms with Crippen LogP contribution in [0.5, 0.6) is 5.75 Å². The van der Waals surface area contributed by atoms with Gasteiger partial charge < -0.3 is 15.0 Å². The van der Waals surface area contributed by atoms with E-state index in [2.05, 4.69) is 5.32 Å². The number of rotatable bonds is 5. The highest BCUT2D eigenvalue weighted by atomic mass is 35.5. The van der Waals surface area contributed by atoms with Crippen molar-refractivity contribution < 1.29 is 14.3 Å². The van der Waals surface area contributed by atoms with Crippen molar-refractivity contribution in [2.45, 2.75) is 18.9 Å². The minimum absolute atomic E-state index is 0.0105. The number of piperidine rings is 1. The molecule has 0 unspecified atom stereocenters. The van der Waals surface area contributed by atoms with Gasteiger partial charge in [-0.25, -0.2) is 0 Å². The third kappa shape index (κ3) is 5.62. The molecule has 7 heteroatoms. The lowest BCUT2D eigenvalue weighted by atomic mass is 10.0. The lowest BCUT2D eigenvalue weighted by Gasteiger charge is -2.32. The fourth-order valence-electron chi connectivity index (χ4n) is 2.91. The standard InChI is InChI=1S/C20H20Cl2N2O3/c21-15-3-1-14(2-4-15)20(26)23-17-9-11-24(12-10-17)19(25)13-27-18-7-5-16(22)6-8-18/h1-8,17H,9-13H2,(H,23,26). The van der Waals surface area contributed by atoms with Crippen LogP contribution in [0.25, 0.3) is 0 Å². The highest BCUT2D eigenvalue weighted by Gasteiger charge is 2.24. The first kappa shape index (κ1) is 19.5. The summed E-state index contributed by atoms with van der Waals surface area (Å²) in [5.74, 6) is 0.424. The number of carbonyl (C=O) groups excluding carboxylic acids is 2. The molecule has 0 aliphatic carbocycles. The fourth-order valence-corrected chi connectivity index (χ4v) is 3.16. The number of benzene rings is 2. The van der Waals surface area contributed by atoms with Crippen LogP contribution in [0.1, 0.15) is 23.2 Å². The van der Waals surface area contributed by atoms with Gasteiger partial charge in [-0.2, -0.15) is 0 Å². The van der Waals surface area contributed by atoms with Crippen LogP contribution in [-0.2, 0) is 4.79 Å². The van der Waals surface area contributed by atoms with Crippen molar-refractivity contribution in [2.24, 2.45) is 0 Å². The average Bonchev–Trinajstić information content (AvgIpc) is 2.68. The zero-order valence-corrected chi connectivity index (χ0v) is 16.2. The minimum atomic E-state index is -0.123. The molecule has 1 aliphatic heterocycles. The number of nitrogens with one attached hydrogen (secondary N) is 1. The van der Waals surface area contributed by atoms with Crippen molar-refractivity contribution in [2.75, 3.05) is 19.7 Å². The van der Waals surface area contributed by atoms with Crippen molar-refractivity contribution in [3.63, 3.8) is 0 Å². The number of halogens is 2. The Morgan fingerprint density at radius 2 is 1.52 bits per heavy atom. The number of nitrogens with zero attached hydrogens (tertiary/aromatic N) is 1. The highest BCUT2D eigenvalue weighted by Crippen LogP contribution is 2.17. The Labute approximate surface area is 168 Å². The van der Waals surface area contributed by atoms with Crippen LogP contribution in [0, 0.1) is 0 Å². The Balaban J connectivity index is 1.42. The quantitative estimate of drug-likeness (QED) is 0.821. The molecule has 1 aliphatic rings. The molecule has 2 amide bonds. The summed E-state index contributed by atoms with van der Waals surface area (Å²) in [4.78, 5) is 26.3. The summed E-state index contributed by atoms with van der Waals surface area (Å²) in [7, 11) is 0. The number of amides is 2. The van der Waals surface area contributed by atoms with Gasteiger partial charge in [0.15, 0.2) is 6.61 Å². The normalized spacial score (nSPS) is 14.7. The van der Waals surface area contributed by atoms with Gasteiger partial charge in [0.25, 0.3) is 11.8 Å². The van der Waals surface area contributed by atoms with E-state index in [1.807, 2.05) is 0 Å². The van der Waals surface area contributed by atoms with Gasteiger partial charge in [0.05, 0.1) is 0 Å². The molecule has 2 aromatic rings. The van der Waals surface area contributed by atoms with Crippen LogP contribution in [-0.4, -0.2) is 42.5 Å². The second-order valence-corrected chi connectivity index (χ2v) is 7.25. The molecule has 0 aromatic heterocycles. The molecule has 2 aromatic carbocycles. The predicted octanol–water partition coefficient (Wildman–Crippen LogP) is 3.79. The molecule has 0 bridgehead atoms. The van der Waals surface area contributed by atoms with E-state index in [4.69, 9.17) is 27.9 Å². The summed E-state index contributed by atoms with van der Waals surface area (Å²) in [6.07, 6.45) is 1.43. The Hall–Kier alpha value is -2.24. The molecule has 27 heavy (non-hydrogen) atoms. The molecule has 142 valence electrons. The molecule has 1 saturated heterocycles. The maximum Gasteiger partial charge on any atom is 0.260 e. The molecule has 0 atom stereocenters. The number of hydrogen-bond acceptors (Lipinski definition) is 3. The molecule has 1 fully saturated rings. The van der Waals surface area contributed by atoms with Gasteiger partial charge in [-0.15, -0.1) is 0 Å². The van der Waals surface area contributed by atoms with Crippen molar-refractivity contribution in [1.82, 2.24) is 10.2 Å². The van der Waals surface area contributed by atoms with Crippen LogP contribution in [0.2, 0.25) is 10.0 Å². The predicted molar refractivity (Wildman–Crippen MR) is 105 cm³/mol. The van der Waals surface area contributed by atoms with E-state index in [1.54, 1.807) is 53.4 Å². The van der Waals surface area contributed by atoms with Crippen LogP contribution in [0.15, 0.2) is 48.5 Å². The van der Waals surface area contributed by atoms with E-state index in [-0.39, 0.29) is 24.5 Å². The van der Waals surface area contributed by atoms with Gasteiger partial charge in [0, 0.05) is 34.7 Å². The van der Waals surface area contributed by atoms with Crippen molar-refractivity contribution >= 4 is 35.0 Å². The third-order valence-corrected chi connectivity index (χ3v) is 4.97. The lowest BCUT2D eigenvalue weighted by molar-refractivity contribution is -0.134. The van der Waals surface area contributed by atoms with E-state index < -0.39 is 0 Å². The molecular formula is C20H20Cl2N2O3. The smallest absolute Gasteiger partial charge is 0.260 e. The number of likely N-dealkylation sites (tertiary alicyclic amines) is 1. The van der Waals surface area contributed by atoms with Gasteiger partial charge in [-0.1, -0.05) is 23.2 Å². The molecular weight excluding hydrogens is 387 g/mol. The first-order valence-electron chi connectivity index (χ1n) is 8.74. The lowest BCUT2D eigenvalue weighted by Crippen LogP contribution is -2.47. The Kier molecular flexibility index (Phi) is 6.58. The van der Waals surface area contributed by atoms with Crippen LogP contribution in [0.3, 0.4) is 0 Å². The van der Waals surface area contributed by atoms with Crippen LogP contribution < -0.4 is 10.1 Å². The number of hydrogen-bond donors (Lipinski definition) is 1. The second kappa shape index (κ2) is 9.11. The van der Waals surface area contributed by atoms with Gasteiger partial charge in [-0.3, -0.25) is 9.59 Å². The SMILES string of the molecule is O=C(NC1CCN(C(=O)COc2ccc(Cl)cc2)CC1)c1ccc(Cl)cc1. The van der Waals surface area contributed by atoms with Crippen molar-refractivity contribution in [1.29, 1.82) is 0 Å².